The first-order valence-corrected chi connectivity index (χ1v) is 10.8. The van der Waals surface area contributed by atoms with E-state index in [1.165, 1.54) is 14.2 Å². The molecule has 3 rings (SSSR count). The van der Waals surface area contributed by atoms with Crippen LogP contribution in [0.4, 0.5) is 4.79 Å². The van der Waals surface area contributed by atoms with Gasteiger partial charge < -0.3 is 24.8 Å². The topological polar surface area (TPSA) is 85.9 Å². The SMILES string of the molecule is CCCCC1=C(C(=O)OC)C(c2cccc(OC)c2OCc2ccccc2Cl)NC(=O)N1. The first kappa shape index (κ1) is 23.5. The predicted molar refractivity (Wildman–Crippen MR) is 122 cm³/mol. The van der Waals surface area contributed by atoms with Crippen LogP contribution in [0.2, 0.25) is 5.02 Å². The lowest BCUT2D eigenvalue weighted by Crippen LogP contribution is -2.46. The molecule has 0 spiro atoms. The number of allylic oxidation sites excluding steroid dienone is 1. The molecule has 2 aromatic rings. The maximum Gasteiger partial charge on any atom is 0.337 e. The molecule has 2 N–H and O–H groups in total. The van der Waals surface area contributed by atoms with E-state index in [9.17, 15) is 9.59 Å². The molecule has 1 heterocycles. The van der Waals surface area contributed by atoms with Crippen molar-refractivity contribution in [2.24, 2.45) is 0 Å². The molecule has 2 aromatic carbocycles. The van der Waals surface area contributed by atoms with Crippen LogP contribution in [-0.2, 0) is 16.1 Å². The van der Waals surface area contributed by atoms with E-state index in [4.69, 9.17) is 25.8 Å². The Morgan fingerprint density at radius 1 is 1.12 bits per heavy atom. The minimum Gasteiger partial charge on any atom is -0.493 e. The molecule has 0 radical (unpaired) electrons. The second-order valence-corrected chi connectivity index (χ2v) is 7.68. The second-order valence-electron chi connectivity index (χ2n) is 7.28. The van der Waals surface area contributed by atoms with Crippen molar-refractivity contribution in [2.45, 2.75) is 38.8 Å². The molecule has 7 nitrogen and oxygen atoms in total. The zero-order chi connectivity index (χ0) is 23.1. The highest BCUT2D eigenvalue weighted by molar-refractivity contribution is 6.31. The van der Waals surface area contributed by atoms with E-state index in [1.54, 1.807) is 24.3 Å². The highest BCUT2D eigenvalue weighted by Crippen LogP contribution is 2.40. The number of methoxy groups -OCH3 is 2. The molecule has 0 aliphatic carbocycles. The van der Waals surface area contributed by atoms with Crippen molar-refractivity contribution >= 4 is 23.6 Å². The molecular weight excluding hydrogens is 432 g/mol. The number of unbranched alkanes of at least 4 members (excludes halogenated alkanes) is 1. The molecule has 2 amide bonds. The molecule has 0 saturated heterocycles. The van der Waals surface area contributed by atoms with Crippen molar-refractivity contribution in [1.29, 1.82) is 0 Å². The summed E-state index contributed by atoms with van der Waals surface area (Å²) in [6.07, 6.45) is 2.28. The minimum atomic E-state index is -0.764. The summed E-state index contributed by atoms with van der Waals surface area (Å²) in [6.45, 7) is 2.23. The Hall–Kier alpha value is -3.19. The summed E-state index contributed by atoms with van der Waals surface area (Å²) >= 11 is 6.28. The van der Waals surface area contributed by atoms with Gasteiger partial charge in [-0.2, -0.15) is 0 Å². The highest BCUT2D eigenvalue weighted by Gasteiger charge is 2.35. The number of para-hydroxylation sites is 1. The van der Waals surface area contributed by atoms with Gasteiger partial charge in [0, 0.05) is 21.8 Å². The fraction of sp³-hybridized carbons (Fsp3) is 0.333. The van der Waals surface area contributed by atoms with Crippen LogP contribution in [0.5, 0.6) is 11.5 Å². The molecule has 32 heavy (non-hydrogen) atoms. The normalized spacial score (nSPS) is 15.6. The summed E-state index contributed by atoms with van der Waals surface area (Å²) in [5.74, 6) is 0.369. The molecule has 0 fully saturated rings. The van der Waals surface area contributed by atoms with Crippen molar-refractivity contribution in [2.75, 3.05) is 14.2 Å². The highest BCUT2D eigenvalue weighted by atomic mass is 35.5. The molecule has 0 aromatic heterocycles. The summed E-state index contributed by atoms with van der Waals surface area (Å²) in [7, 11) is 2.85. The van der Waals surface area contributed by atoms with Crippen LogP contribution < -0.4 is 20.1 Å². The van der Waals surface area contributed by atoms with Crippen LogP contribution in [0, 0.1) is 0 Å². The predicted octanol–water partition coefficient (Wildman–Crippen LogP) is 4.90. The van der Waals surface area contributed by atoms with Crippen LogP contribution in [-0.4, -0.2) is 26.2 Å². The molecule has 1 aliphatic heterocycles. The number of benzene rings is 2. The van der Waals surface area contributed by atoms with Crippen LogP contribution in [0.15, 0.2) is 53.7 Å². The molecule has 1 unspecified atom stereocenters. The van der Waals surface area contributed by atoms with Gasteiger partial charge >= 0.3 is 12.0 Å². The summed E-state index contributed by atoms with van der Waals surface area (Å²) in [5.41, 5.74) is 2.28. The number of nitrogens with one attached hydrogen (secondary N) is 2. The Morgan fingerprint density at radius 2 is 1.91 bits per heavy atom. The summed E-state index contributed by atoms with van der Waals surface area (Å²) in [6, 6.07) is 11.5. The third kappa shape index (κ3) is 5.16. The van der Waals surface area contributed by atoms with Crippen molar-refractivity contribution in [1.82, 2.24) is 10.6 Å². The van der Waals surface area contributed by atoms with Crippen LogP contribution >= 0.6 is 11.6 Å². The fourth-order valence-electron chi connectivity index (χ4n) is 3.59. The zero-order valence-corrected chi connectivity index (χ0v) is 19.1. The van der Waals surface area contributed by atoms with Crippen molar-refractivity contribution < 1.29 is 23.8 Å². The minimum absolute atomic E-state index is 0.186. The number of urea groups is 1. The summed E-state index contributed by atoms with van der Waals surface area (Å²) in [5, 5.41) is 6.18. The molecular formula is C24H27ClN2O5. The van der Waals surface area contributed by atoms with E-state index in [1.807, 2.05) is 25.1 Å². The van der Waals surface area contributed by atoms with Gasteiger partial charge in [0.05, 0.1) is 25.8 Å². The van der Waals surface area contributed by atoms with Crippen LogP contribution in [0.1, 0.15) is 43.4 Å². The first-order chi connectivity index (χ1) is 15.5. The van der Waals surface area contributed by atoms with Gasteiger partial charge in [0.1, 0.15) is 6.61 Å². The Morgan fingerprint density at radius 3 is 2.59 bits per heavy atom. The Labute approximate surface area is 192 Å². The van der Waals surface area contributed by atoms with E-state index in [0.29, 0.717) is 39.8 Å². The lowest BCUT2D eigenvalue weighted by Gasteiger charge is -2.30. The molecule has 0 saturated carbocycles. The third-order valence-electron chi connectivity index (χ3n) is 5.21. The second kappa shape index (κ2) is 10.9. The smallest absolute Gasteiger partial charge is 0.337 e. The van der Waals surface area contributed by atoms with Gasteiger partial charge in [0.2, 0.25) is 0 Å². The summed E-state index contributed by atoms with van der Waals surface area (Å²) in [4.78, 5) is 25.2. The van der Waals surface area contributed by atoms with Gasteiger partial charge in [-0.25, -0.2) is 9.59 Å². The first-order valence-electron chi connectivity index (χ1n) is 10.4. The molecule has 1 atom stereocenters. The molecule has 1 aliphatic rings. The van der Waals surface area contributed by atoms with Gasteiger partial charge in [-0.1, -0.05) is 55.3 Å². The largest absolute Gasteiger partial charge is 0.493 e. The number of ether oxygens (including phenoxy) is 3. The van der Waals surface area contributed by atoms with Gasteiger partial charge in [0.25, 0.3) is 0 Å². The van der Waals surface area contributed by atoms with Crippen molar-refractivity contribution in [3.8, 4) is 11.5 Å². The number of esters is 1. The average molecular weight is 459 g/mol. The van der Waals surface area contributed by atoms with E-state index >= 15 is 0 Å². The lowest BCUT2D eigenvalue weighted by atomic mass is 9.92. The molecule has 0 bridgehead atoms. The van der Waals surface area contributed by atoms with E-state index in [-0.39, 0.29) is 6.61 Å². The van der Waals surface area contributed by atoms with E-state index < -0.39 is 18.0 Å². The number of halogens is 1. The van der Waals surface area contributed by atoms with Crippen molar-refractivity contribution in [3.63, 3.8) is 0 Å². The Bertz CT molecular complexity index is 1020. The maximum absolute atomic E-state index is 12.8. The summed E-state index contributed by atoms with van der Waals surface area (Å²) < 4.78 is 16.7. The molecule has 8 heteroatoms. The number of hydrogen-bond acceptors (Lipinski definition) is 5. The van der Waals surface area contributed by atoms with Gasteiger partial charge in [-0.15, -0.1) is 0 Å². The monoisotopic (exact) mass is 458 g/mol. The van der Waals surface area contributed by atoms with Gasteiger partial charge in [-0.05, 0) is 25.0 Å². The van der Waals surface area contributed by atoms with Gasteiger partial charge in [0.15, 0.2) is 11.5 Å². The zero-order valence-electron chi connectivity index (χ0n) is 18.4. The number of rotatable bonds is 9. The van der Waals surface area contributed by atoms with E-state index in [2.05, 4.69) is 10.6 Å². The third-order valence-corrected chi connectivity index (χ3v) is 5.58. The average Bonchev–Trinajstić information content (AvgIpc) is 2.81. The number of carbonyl (C=O) groups excluding carboxylic acids is 2. The standard InChI is InChI=1S/C24H27ClN2O5/c1-4-5-12-18-20(23(28)31-3)21(27-24(29)26-18)16-10-8-13-19(30-2)22(16)32-14-15-9-6-7-11-17(15)25/h6-11,13,21H,4-5,12,14H2,1-3H3,(H2,26,27,29). The molecule has 170 valence electrons. The van der Waals surface area contributed by atoms with Gasteiger partial charge in [-0.3, -0.25) is 0 Å². The maximum atomic E-state index is 12.8. The number of hydrogen-bond donors (Lipinski definition) is 2. The fourth-order valence-corrected chi connectivity index (χ4v) is 3.78. The quantitative estimate of drug-likeness (QED) is 0.522. The number of amides is 2. The van der Waals surface area contributed by atoms with Crippen molar-refractivity contribution in [3.05, 3.63) is 69.9 Å². The lowest BCUT2D eigenvalue weighted by molar-refractivity contribution is -0.136. The Balaban J connectivity index is 2.06. The van der Waals surface area contributed by atoms with Crippen LogP contribution in [0.25, 0.3) is 0 Å². The van der Waals surface area contributed by atoms with Crippen LogP contribution in [0.3, 0.4) is 0 Å². The van der Waals surface area contributed by atoms with E-state index in [0.717, 1.165) is 18.4 Å². The number of carbonyl (C=O) groups is 2. The Kier molecular flexibility index (Phi) is 8.00.